The zero-order valence-electron chi connectivity index (χ0n) is 12.6. The predicted octanol–water partition coefficient (Wildman–Crippen LogP) is 0.335. The molecule has 8 heteroatoms. The molecule has 0 aliphatic heterocycles. The molecule has 0 bridgehead atoms. The van der Waals surface area contributed by atoms with Crippen molar-refractivity contribution in [3.8, 4) is 5.75 Å². The van der Waals surface area contributed by atoms with Crippen molar-refractivity contribution in [1.29, 1.82) is 0 Å². The van der Waals surface area contributed by atoms with Crippen LogP contribution in [0.2, 0.25) is 0 Å². The predicted molar refractivity (Wildman–Crippen MR) is 81.8 cm³/mol. The molecule has 0 saturated heterocycles. The van der Waals surface area contributed by atoms with Gasteiger partial charge in [0.25, 0.3) is 5.91 Å². The van der Waals surface area contributed by atoms with Gasteiger partial charge >= 0.3 is 0 Å². The Hall–Kier alpha value is -1.80. The zero-order valence-corrected chi connectivity index (χ0v) is 13.4. The highest BCUT2D eigenvalue weighted by molar-refractivity contribution is 7.88. The summed E-state index contributed by atoms with van der Waals surface area (Å²) >= 11 is 0. The van der Waals surface area contributed by atoms with E-state index in [9.17, 15) is 13.2 Å². The SMILES string of the molecule is COc1cc(C(=O)NCC(C)(C)NS(C)(=O)=O)ccc1N. The molecular weight excluding hydrogens is 294 g/mol. The van der Waals surface area contributed by atoms with Crippen LogP contribution in [0.5, 0.6) is 5.75 Å². The van der Waals surface area contributed by atoms with Crippen LogP contribution in [0.1, 0.15) is 24.2 Å². The lowest BCUT2D eigenvalue weighted by Crippen LogP contribution is -2.51. The lowest BCUT2D eigenvalue weighted by Gasteiger charge is -2.25. The van der Waals surface area contributed by atoms with E-state index in [4.69, 9.17) is 10.5 Å². The minimum atomic E-state index is -3.35. The maximum atomic E-state index is 12.1. The number of benzene rings is 1. The molecule has 1 aromatic rings. The number of ether oxygens (including phenoxy) is 1. The highest BCUT2D eigenvalue weighted by atomic mass is 32.2. The van der Waals surface area contributed by atoms with Gasteiger partial charge < -0.3 is 15.8 Å². The Morgan fingerprint density at radius 2 is 2.00 bits per heavy atom. The summed E-state index contributed by atoms with van der Waals surface area (Å²) < 4.78 is 30.0. The molecule has 0 aliphatic rings. The molecular formula is C13H21N3O4S. The van der Waals surface area contributed by atoms with Crippen LogP contribution in [0.25, 0.3) is 0 Å². The van der Waals surface area contributed by atoms with Crippen molar-refractivity contribution in [2.24, 2.45) is 0 Å². The minimum Gasteiger partial charge on any atom is -0.495 e. The van der Waals surface area contributed by atoms with Gasteiger partial charge in [-0.1, -0.05) is 0 Å². The standard InChI is InChI=1S/C13H21N3O4S/c1-13(2,16-21(4,18)19)8-15-12(17)9-5-6-10(14)11(7-9)20-3/h5-7,16H,8,14H2,1-4H3,(H,15,17). The van der Waals surface area contributed by atoms with E-state index in [0.29, 0.717) is 17.0 Å². The van der Waals surface area contributed by atoms with E-state index in [-0.39, 0.29) is 12.5 Å². The van der Waals surface area contributed by atoms with Crippen molar-refractivity contribution in [1.82, 2.24) is 10.0 Å². The lowest BCUT2D eigenvalue weighted by atomic mass is 10.1. The van der Waals surface area contributed by atoms with Crippen molar-refractivity contribution < 1.29 is 17.9 Å². The van der Waals surface area contributed by atoms with E-state index in [1.807, 2.05) is 0 Å². The summed E-state index contributed by atoms with van der Waals surface area (Å²) in [5.74, 6) is 0.0767. The van der Waals surface area contributed by atoms with E-state index in [2.05, 4.69) is 10.0 Å². The molecule has 0 aromatic heterocycles. The van der Waals surface area contributed by atoms with Crippen molar-refractivity contribution in [3.63, 3.8) is 0 Å². The Morgan fingerprint density at radius 3 is 2.52 bits per heavy atom. The monoisotopic (exact) mass is 315 g/mol. The van der Waals surface area contributed by atoms with E-state index in [0.717, 1.165) is 6.26 Å². The summed E-state index contributed by atoms with van der Waals surface area (Å²) in [6, 6.07) is 4.68. The van der Waals surface area contributed by atoms with Crippen LogP contribution in [0.15, 0.2) is 18.2 Å². The number of carbonyl (C=O) groups is 1. The Labute approximate surface area is 124 Å². The Bertz CT molecular complexity index is 626. The van der Waals surface area contributed by atoms with Gasteiger partial charge in [-0.2, -0.15) is 0 Å². The number of amides is 1. The van der Waals surface area contributed by atoms with Gasteiger partial charge in [-0.25, -0.2) is 13.1 Å². The maximum absolute atomic E-state index is 12.1. The topological polar surface area (TPSA) is 111 Å². The van der Waals surface area contributed by atoms with Crippen molar-refractivity contribution in [2.75, 3.05) is 25.6 Å². The average Bonchev–Trinajstić information content (AvgIpc) is 2.34. The number of hydrogen-bond acceptors (Lipinski definition) is 5. The average molecular weight is 315 g/mol. The first kappa shape index (κ1) is 17.3. The zero-order chi connectivity index (χ0) is 16.3. The third-order valence-corrected chi connectivity index (χ3v) is 3.57. The molecule has 7 nitrogen and oxygen atoms in total. The maximum Gasteiger partial charge on any atom is 0.251 e. The fourth-order valence-electron chi connectivity index (χ4n) is 1.79. The number of sulfonamides is 1. The molecule has 1 aromatic carbocycles. The van der Waals surface area contributed by atoms with Crippen LogP contribution in [0, 0.1) is 0 Å². The van der Waals surface area contributed by atoms with Gasteiger partial charge in [0.2, 0.25) is 10.0 Å². The van der Waals surface area contributed by atoms with Crippen LogP contribution in [0.4, 0.5) is 5.69 Å². The van der Waals surface area contributed by atoms with Crippen LogP contribution >= 0.6 is 0 Å². The third kappa shape index (κ3) is 5.60. The quantitative estimate of drug-likeness (QED) is 0.655. The molecule has 118 valence electrons. The molecule has 1 amide bonds. The van der Waals surface area contributed by atoms with Crippen molar-refractivity contribution in [3.05, 3.63) is 23.8 Å². The first-order chi connectivity index (χ1) is 9.54. The van der Waals surface area contributed by atoms with E-state index >= 15 is 0 Å². The molecule has 21 heavy (non-hydrogen) atoms. The lowest BCUT2D eigenvalue weighted by molar-refractivity contribution is 0.0944. The Kier molecular flexibility index (Phi) is 5.19. The molecule has 0 heterocycles. The van der Waals surface area contributed by atoms with Gasteiger partial charge in [0, 0.05) is 17.6 Å². The van der Waals surface area contributed by atoms with Gasteiger partial charge in [0.15, 0.2) is 0 Å². The number of hydrogen-bond donors (Lipinski definition) is 3. The first-order valence-corrected chi connectivity index (χ1v) is 8.14. The van der Waals surface area contributed by atoms with Crippen LogP contribution < -0.4 is 20.5 Å². The molecule has 0 fully saturated rings. The number of nitrogens with two attached hydrogens (primary N) is 1. The molecule has 4 N–H and O–H groups in total. The largest absolute Gasteiger partial charge is 0.495 e. The smallest absolute Gasteiger partial charge is 0.251 e. The van der Waals surface area contributed by atoms with Crippen molar-refractivity contribution in [2.45, 2.75) is 19.4 Å². The number of nitrogens with one attached hydrogen (secondary N) is 2. The van der Waals surface area contributed by atoms with E-state index in [1.54, 1.807) is 26.0 Å². The minimum absolute atomic E-state index is 0.144. The van der Waals surface area contributed by atoms with E-state index < -0.39 is 15.6 Å². The molecule has 0 radical (unpaired) electrons. The summed E-state index contributed by atoms with van der Waals surface area (Å²) in [5, 5.41) is 2.67. The summed E-state index contributed by atoms with van der Waals surface area (Å²) in [6.07, 6.45) is 1.07. The summed E-state index contributed by atoms with van der Waals surface area (Å²) in [4.78, 5) is 12.1. The number of carbonyl (C=O) groups excluding carboxylic acids is 1. The second-order valence-electron chi connectivity index (χ2n) is 5.40. The molecule has 0 spiro atoms. The molecule has 0 aliphatic carbocycles. The number of rotatable bonds is 6. The number of methoxy groups -OCH3 is 1. The Balaban J connectivity index is 2.74. The van der Waals surface area contributed by atoms with Gasteiger partial charge in [0.05, 0.1) is 19.1 Å². The fraction of sp³-hybridized carbons (Fsp3) is 0.462. The third-order valence-electron chi connectivity index (χ3n) is 2.65. The molecule has 0 unspecified atom stereocenters. The van der Waals surface area contributed by atoms with Gasteiger partial charge in [0.1, 0.15) is 5.75 Å². The van der Waals surface area contributed by atoms with Gasteiger partial charge in [-0.15, -0.1) is 0 Å². The van der Waals surface area contributed by atoms with Crippen LogP contribution in [-0.4, -0.2) is 39.8 Å². The van der Waals surface area contributed by atoms with E-state index in [1.165, 1.54) is 13.2 Å². The van der Waals surface area contributed by atoms with Gasteiger partial charge in [-0.3, -0.25) is 4.79 Å². The van der Waals surface area contributed by atoms with Crippen LogP contribution in [-0.2, 0) is 10.0 Å². The first-order valence-electron chi connectivity index (χ1n) is 6.25. The second-order valence-corrected chi connectivity index (χ2v) is 7.15. The number of nitrogen functional groups attached to an aromatic ring is 1. The molecule has 0 atom stereocenters. The molecule has 0 saturated carbocycles. The second kappa shape index (κ2) is 6.31. The normalized spacial score (nSPS) is 12.0. The Morgan fingerprint density at radius 1 is 1.38 bits per heavy atom. The molecule has 1 rings (SSSR count). The van der Waals surface area contributed by atoms with Crippen LogP contribution in [0.3, 0.4) is 0 Å². The highest BCUT2D eigenvalue weighted by Gasteiger charge is 2.23. The highest BCUT2D eigenvalue weighted by Crippen LogP contribution is 2.22. The summed E-state index contributed by atoms with van der Waals surface area (Å²) in [7, 11) is -1.88. The summed E-state index contributed by atoms with van der Waals surface area (Å²) in [5.41, 5.74) is 5.71. The van der Waals surface area contributed by atoms with Crippen molar-refractivity contribution >= 4 is 21.6 Å². The summed E-state index contributed by atoms with van der Waals surface area (Å²) in [6.45, 7) is 3.50. The van der Waals surface area contributed by atoms with Gasteiger partial charge in [-0.05, 0) is 32.0 Å². The fourth-order valence-corrected chi connectivity index (χ4v) is 2.87. The number of anilines is 1.